The Balaban J connectivity index is 1.90. The summed E-state index contributed by atoms with van der Waals surface area (Å²) in [4.78, 5) is 28.6. The van der Waals surface area contributed by atoms with Crippen molar-refractivity contribution in [2.24, 2.45) is 0 Å². The number of carbonyl (C=O) groups is 1. The van der Waals surface area contributed by atoms with Gasteiger partial charge in [-0.25, -0.2) is 4.39 Å². The Morgan fingerprint density at radius 2 is 1.85 bits per heavy atom. The molecule has 33 heavy (non-hydrogen) atoms. The van der Waals surface area contributed by atoms with Crippen LogP contribution in [0.2, 0.25) is 0 Å². The van der Waals surface area contributed by atoms with E-state index in [1.807, 2.05) is 0 Å². The average Bonchev–Trinajstić information content (AvgIpc) is 3.15. The summed E-state index contributed by atoms with van der Waals surface area (Å²) in [6.07, 6.45) is -4.86. The first-order valence-corrected chi connectivity index (χ1v) is 9.55. The summed E-state index contributed by atoms with van der Waals surface area (Å²) in [5.41, 5.74) is -3.21. The Labute approximate surface area is 183 Å². The summed E-state index contributed by atoms with van der Waals surface area (Å²) < 4.78 is 60.5. The molecular formula is C22H16F4N4O3. The van der Waals surface area contributed by atoms with Crippen molar-refractivity contribution in [3.8, 4) is 16.9 Å². The molecule has 7 nitrogen and oxygen atoms in total. The molecule has 0 saturated heterocycles. The van der Waals surface area contributed by atoms with Crippen LogP contribution in [-0.2, 0) is 6.18 Å². The number of methoxy groups -OCH3 is 1. The highest BCUT2D eigenvalue weighted by Gasteiger charge is 2.39. The maximum Gasteiger partial charge on any atom is 0.435 e. The molecule has 0 bridgehead atoms. The number of halogens is 4. The van der Waals surface area contributed by atoms with Crippen molar-refractivity contribution in [1.29, 1.82) is 0 Å². The molecule has 2 aromatic carbocycles. The number of benzene rings is 2. The molecule has 0 saturated carbocycles. The number of hydrogen-bond donors (Lipinski definition) is 2. The number of hydrogen-bond acceptors (Lipinski definition) is 4. The first-order chi connectivity index (χ1) is 15.6. The third-order valence-corrected chi connectivity index (χ3v) is 4.94. The van der Waals surface area contributed by atoms with Gasteiger partial charge in [0.2, 0.25) is 0 Å². The predicted octanol–water partition coefficient (Wildman–Crippen LogP) is 4.42. The van der Waals surface area contributed by atoms with Gasteiger partial charge < -0.3 is 15.0 Å². The SMILES string of the molecule is COc1ccc(F)cc1NC(=O)c1c(C)[nH]c2c(-c3ccccc3)c(C(F)(F)F)nn2c1=O. The summed E-state index contributed by atoms with van der Waals surface area (Å²) in [5.74, 6) is -1.50. The van der Waals surface area contributed by atoms with Crippen LogP contribution in [0.3, 0.4) is 0 Å². The Kier molecular flexibility index (Phi) is 5.40. The van der Waals surface area contributed by atoms with Crippen molar-refractivity contribution in [2.45, 2.75) is 13.1 Å². The lowest BCUT2D eigenvalue weighted by Crippen LogP contribution is -2.29. The second-order valence-electron chi connectivity index (χ2n) is 7.08. The number of aromatic nitrogens is 3. The fraction of sp³-hybridized carbons (Fsp3) is 0.136. The number of alkyl halides is 3. The van der Waals surface area contributed by atoms with E-state index < -0.39 is 34.7 Å². The van der Waals surface area contributed by atoms with Crippen molar-refractivity contribution in [2.75, 3.05) is 12.4 Å². The molecule has 2 aromatic heterocycles. The third kappa shape index (κ3) is 3.93. The van der Waals surface area contributed by atoms with Gasteiger partial charge in [0, 0.05) is 11.8 Å². The minimum atomic E-state index is -4.86. The second kappa shape index (κ2) is 8.08. The second-order valence-corrected chi connectivity index (χ2v) is 7.08. The number of nitrogens with one attached hydrogen (secondary N) is 2. The van der Waals surface area contributed by atoms with Gasteiger partial charge in [0.1, 0.15) is 22.8 Å². The molecule has 0 aliphatic heterocycles. The van der Waals surface area contributed by atoms with E-state index in [-0.39, 0.29) is 33.9 Å². The van der Waals surface area contributed by atoms with E-state index in [0.717, 1.165) is 12.1 Å². The first kappa shape index (κ1) is 22.1. The van der Waals surface area contributed by atoms with Gasteiger partial charge in [-0.05, 0) is 24.6 Å². The summed E-state index contributed by atoms with van der Waals surface area (Å²) in [7, 11) is 1.31. The molecule has 2 N–H and O–H groups in total. The van der Waals surface area contributed by atoms with Gasteiger partial charge in [-0.15, -0.1) is 0 Å². The molecule has 0 unspecified atom stereocenters. The number of rotatable bonds is 4. The van der Waals surface area contributed by atoms with E-state index in [1.54, 1.807) is 18.2 Å². The molecule has 11 heteroatoms. The fourth-order valence-electron chi connectivity index (χ4n) is 3.49. The van der Waals surface area contributed by atoms with Crippen LogP contribution in [-0.4, -0.2) is 27.6 Å². The molecule has 0 atom stereocenters. The number of fused-ring (bicyclic) bond motifs is 1. The van der Waals surface area contributed by atoms with Crippen LogP contribution in [0.1, 0.15) is 21.7 Å². The van der Waals surface area contributed by atoms with E-state index in [9.17, 15) is 27.2 Å². The van der Waals surface area contributed by atoms with Crippen LogP contribution < -0.4 is 15.6 Å². The summed E-state index contributed by atoms with van der Waals surface area (Å²) >= 11 is 0. The Hall–Kier alpha value is -4.15. The monoisotopic (exact) mass is 460 g/mol. The van der Waals surface area contributed by atoms with Crippen molar-refractivity contribution >= 4 is 17.2 Å². The molecular weight excluding hydrogens is 444 g/mol. The lowest BCUT2D eigenvalue weighted by Gasteiger charge is -2.11. The van der Waals surface area contributed by atoms with Crippen molar-refractivity contribution in [1.82, 2.24) is 14.6 Å². The molecule has 1 amide bonds. The number of H-pyrrole nitrogens is 1. The molecule has 4 aromatic rings. The number of ether oxygens (including phenoxy) is 1. The maximum atomic E-state index is 13.8. The first-order valence-electron chi connectivity index (χ1n) is 9.55. The highest BCUT2D eigenvalue weighted by Crippen LogP contribution is 2.38. The number of aryl methyl sites for hydroxylation is 1. The number of aromatic amines is 1. The molecule has 0 aliphatic rings. The van der Waals surface area contributed by atoms with Gasteiger partial charge in [-0.3, -0.25) is 9.59 Å². The van der Waals surface area contributed by atoms with Crippen molar-refractivity contribution in [3.63, 3.8) is 0 Å². The van der Waals surface area contributed by atoms with Gasteiger partial charge in [-0.2, -0.15) is 22.8 Å². The number of carbonyl (C=O) groups excluding carboxylic acids is 1. The fourth-order valence-corrected chi connectivity index (χ4v) is 3.49. The Bertz CT molecular complexity index is 1430. The molecule has 4 rings (SSSR count). The lowest BCUT2D eigenvalue weighted by molar-refractivity contribution is -0.140. The molecule has 0 spiro atoms. The smallest absolute Gasteiger partial charge is 0.435 e. The van der Waals surface area contributed by atoms with Crippen LogP contribution in [0.15, 0.2) is 53.3 Å². The van der Waals surface area contributed by atoms with Gasteiger partial charge in [0.25, 0.3) is 11.5 Å². The van der Waals surface area contributed by atoms with E-state index in [4.69, 9.17) is 4.74 Å². The highest BCUT2D eigenvalue weighted by molar-refractivity contribution is 6.05. The average molecular weight is 460 g/mol. The predicted molar refractivity (Wildman–Crippen MR) is 112 cm³/mol. The molecule has 0 fully saturated rings. The third-order valence-electron chi connectivity index (χ3n) is 4.94. The molecule has 2 heterocycles. The summed E-state index contributed by atoms with van der Waals surface area (Å²) in [6, 6.07) is 11.0. The van der Waals surface area contributed by atoms with Crippen molar-refractivity contribution < 1.29 is 27.1 Å². The zero-order valence-electron chi connectivity index (χ0n) is 17.2. The van der Waals surface area contributed by atoms with Crippen molar-refractivity contribution in [3.05, 3.63) is 81.7 Å². The maximum absolute atomic E-state index is 13.8. The van der Waals surface area contributed by atoms with Gasteiger partial charge >= 0.3 is 6.18 Å². The standard InChI is InChI=1S/C22H16F4N4O3/c1-11-16(20(31)28-14-10-13(23)8-9-15(14)33-2)21(32)30-19(27-11)17(12-6-4-3-5-7-12)18(29-30)22(24,25)26/h3-10,27H,1-2H3,(H,28,31). The minimum Gasteiger partial charge on any atom is -0.495 e. The van der Waals surface area contributed by atoms with E-state index in [2.05, 4.69) is 15.4 Å². The zero-order chi connectivity index (χ0) is 23.9. The number of nitrogens with zero attached hydrogens (tertiary/aromatic N) is 2. The number of anilines is 1. The Morgan fingerprint density at radius 1 is 1.15 bits per heavy atom. The normalized spacial score (nSPS) is 11.6. The topological polar surface area (TPSA) is 88.5 Å². The molecule has 0 aliphatic carbocycles. The highest BCUT2D eigenvalue weighted by atomic mass is 19.4. The minimum absolute atomic E-state index is 0.00572. The number of amides is 1. The van der Waals surface area contributed by atoms with Crippen LogP contribution in [0.25, 0.3) is 16.8 Å². The van der Waals surface area contributed by atoms with Crippen LogP contribution in [0.5, 0.6) is 5.75 Å². The van der Waals surface area contributed by atoms with Crippen LogP contribution in [0.4, 0.5) is 23.2 Å². The van der Waals surface area contributed by atoms with E-state index >= 15 is 0 Å². The van der Waals surface area contributed by atoms with Crippen LogP contribution in [0, 0.1) is 12.7 Å². The van der Waals surface area contributed by atoms with Gasteiger partial charge in [0.15, 0.2) is 5.69 Å². The van der Waals surface area contributed by atoms with E-state index in [0.29, 0.717) is 4.52 Å². The lowest BCUT2D eigenvalue weighted by atomic mass is 10.1. The Morgan fingerprint density at radius 3 is 2.48 bits per heavy atom. The van der Waals surface area contributed by atoms with E-state index in [1.165, 1.54) is 32.2 Å². The molecule has 0 radical (unpaired) electrons. The largest absolute Gasteiger partial charge is 0.495 e. The summed E-state index contributed by atoms with van der Waals surface area (Å²) in [5, 5.41) is 5.84. The quantitative estimate of drug-likeness (QED) is 0.442. The molecule has 170 valence electrons. The van der Waals surface area contributed by atoms with Gasteiger partial charge in [0.05, 0.1) is 18.4 Å². The van der Waals surface area contributed by atoms with Gasteiger partial charge in [-0.1, -0.05) is 30.3 Å². The summed E-state index contributed by atoms with van der Waals surface area (Å²) in [6.45, 7) is 1.37. The van der Waals surface area contributed by atoms with Crippen LogP contribution >= 0.6 is 0 Å². The zero-order valence-corrected chi connectivity index (χ0v) is 17.2.